The number of hydrogen-bond acceptors (Lipinski definition) is 4. The van der Waals surface area contributed by atoms with E-state index in [4.69, 9.17) is 11.6 Å². The summed E-state index contributed by atoms with van der Waals surface area (Å²) in [5, 5.41) is 29.5. The van der Waals surface area contributed by atoms with Crippen molar-refractivity contribution in [1.29, 1.82) is 0 Å². The van der Waals surface area contributed by atoms with Crippen LogP contribution in [0.2, 0.25) is 0 Å². The largest absolute Gasteiger partial charge is 0.391 e. The number of halogens is 1. The first kappa shape index (κ1) is 26.7. The van der Waals surface area contributed by atoms with Gasteiger partial charge in [0.05, 0.1) is 17.0 Å². The van der Waals surface area contributed by atoms with Crippen LogP contribution in [0.5, 0.6) is 0 Å². The number of fused-ring (bicyclic) bond motifs is 6. The number of allylic oxidation sites excluding steroid dienone is 4. The number of hydrogen-bond donors (Lipinski definition) is 3. The second kappa shape index (κ2) is 8.76. The van der Waals surface area contributed by atoms with Crippen molar-refractivity contribution in [3.8, 4) is 0 Å². The highest BCUT2D eigenvalue weighted by molar-refractivity contribution is 6.26. The van der Waals surface area contributed by atoms with Crippen LogP contribution in [0, 0.1) is 28.6 Å². The maximum atomic E-state index is 14.0. The van der Waals surface area contributed by atoms with Crippen molar-refractivity contribution in [2.24, 2.45) is 28.6 Å². The normalized spacial score (nSPS) is 41.8. The van der Waals surface area contributed by atoms with Gasteiger partial charge in [-0.05, 0) is 84.9 Å². The monoisotopic (exact) mass is 547 g/mol. The predicted molar refractivity (Wildman–Crippen MR) is 153 cm³/mol. The van der Waals surface area contributed by atoms with Gasteiger partial charge in [0.15, 0.2) is 11.4 Å². The van der Waals surface area contributed by atoms with Crippen LogP contribution in [-0.4, -0.2) is 38.5 Å². The zero-order valence-corrected chi connectivity index (χ0v) is 23.8. The van der Waals surface area contributed by atoms with Gasteiger partial charge in [-0.15, -0.1) is 11.6 Å². The van der Waals surface area contributed by atoms with Gasteiger partial charge >= 0.3 is 0 Å². The van der Waals surface area contributed by atoms with Crippen LogP contribution in [-0.2, 0) is 9.59 Å². The van der Waals surface area contributed by atoms with Crippen LogP contribution < -0.4 is 5.32 Å². The lowest BCUT2D eigenvalue weighted by Crippen LogP contribution is -2.69. The lowest BCUT2D eigenvalue weighted by molar-refractivity contribution is -0.180. The first-order valence-electron chi connectivity index (χ1n) is 14.2. The number of aliphatic hydroxyl groups is 2. The Morgan fingerprint density at radius 2 is 1.85 bits per heavy atom. The quantitative estimate of drug-likeness (QED) is 0.434. The predicted octanol–water partition coefficient (Wildman–Crippen LogP) is 5.63. The van der Waals surface area contributed by atoms with Gasteiger partial charge < -0.3 is 15.5 Å². The van der Waals surface area contributed by atoms with Crippen molar-refractivity contribution in [2.45, 2.75) is 76.0 Å². The Morgan fingerprint density at radius 1 is 1.13 bits per heavy atom. The third-order valence-electron chi connectivity index (χ3n) is 11.2. The summed E-state index contributed by atoms with van der Waals surface area (Å²) in [6, 6.07) is 14.0. The van der Waals surface area contributed by atoms with Crippen LogP contribution >= 0.6 is 11.6 Å². The molecule has 3 saturated carbocycles. The summed E-state index contributed by atoms with van der Waals surface area (Å²) in [5.41, 5.74) is -1.24. The van der Waals surface area contributed by atoms with Crippen molar-refractivity contribution >= 4 is 34.1 Å². The van der Waals surface area contributed by atoms with E-state index in [-0.39, 0.29) is 41.9 Å². The molecular weight excluding hydrogens is 510 g/mol. The number of aliphatic hydroxyl groups excluding tert-OH is 1. The van der Waals surface area contributed by atoms with Crippen LogP contribution in [0.3, 0.4) is 0 Å². The molecule has 0 bridgehead atoms. The summed E-state index contributed by atoms with van der Waals surface area (Å²) in [5.74, 6) is -0.909. The second-order valence-corrected chi connectivity index (χ2v) is 13.6. The number of ketones is 1. The molecule has 2 aromatic rings. The molecule has 6 rings (SSSR count). The lowest BCUT2D eigenvalue weighted by atomic mass is 9.45. The van der Waals surface area contributed by atoms with E-state index in [0.29, 0.717) is 19.3 Å². The van der Waals surface area contributed by atoms with Crippen LogP contribution in [0.25, 0.3) is 10.8 Å². The summed E-state index contributed by atoms with van der Waals surface area (Å²) in [4.78, 5) is 25.2. The minimum Gasteiger partial charge on any atom is -0.391 e. The van der Waals surface area contributed by atoms with E-state index in [9.17, 15) is 19.8 Å². The Morgan fingerprint density at radius 3 is 2.59 bits per heavy atom. The number of amides is 1. The molecule has 2 aromatic carbocycles. The molecule has 0 saturated heterocycles. The zero-order chi connectivity index (χ0) is 28.0. The fraction of sp³-hybridized carbons (Fsp3) is 0.515. The molecule has 4 unspecified atom stereocenters. The Kier molecular flexibility index (Phi) is 6.01. The summed E-state index contributed by atoms with van der Waals surface area (Å²) >= 11 is 7.52. The van der Waals surface area contributed by atoms with Gasteiger partial charge in [0.1, 0.15) is 0 Å². The topological polar surface area (TPSA) is 86.6 Å². The van der Waals surface area contributed by atoms with Gasteiger partial charge in [-0.1, -0.05) is 68.8 Å². The van der Waals surface area contributed by atoms with E-state index in [2.05, 4.69) is 29.6 Å². The standard InChI is InChI=1S/C33H38ClNO4/c1-19-15-27-26-12-11-24-17-25(36)13-14-30(24,3)32(26,34)28(37)18-31(27,4)33(19,39)29(38)35-20(2)22-10-9-21-7-5-6-8-23(21)16-22/h5-10,13-14,16-17,19-20,26-28,37,39H,11-12,15,18H2,1-4H3,(H,35,38)/t19-,20-,26?,27?,28+,30?,31?,32+,33+/m1/s1. The molecule has 0 heterocycles. The van der Waals surface area contributed by atoms with E-state index < -0.39 is 27.4 Å². The molecule has 0 aliphatic heterocycles. The maximum Gasteiger partial charge on any atom is 0.253 e. The average Bonchev–Trinajstić information content (AvgIpc) is 3.11. The number of carbonyl (C=O) groups excluding carboxylic acids is 2. The fourth-order valence-electron chi connectivity index (χ4n) is 8.90. The van der Waals surface area contributed by atoms with Gasteiger partial charge in [0.25, 0.3) is 5.91 Å². The van der Waals surface area contributed by atoms with E-state index in [1.807, 2.05) is 52.0 Å². The number of alkyl halides is 1. The van der Waals surface area contributed by atoms with E-state index in [0.717, 1.165) is 21.9 Å². The summed E-state index contributed by atoms with van der Waals surface area (Å²) in [6.07, 6.45) is 6.43. The molecule has 9 atom stereocenters. The van der Waals surface area contributed by atoms with Crippen LogP contribution in [0.1, 0.15) is 65.0 Å². The van der Waals surface area contributed by atoms with Crippen molar-refractivity contribution in [1.82, 2.24) is 5.32 Å². The van der Waals surface area contributed by atoms with Crippen molar-refractivity contribution < 1.29 is 19.8 Å². The highest BCUT2D eigenvalue weighted by atomic mass is 35.5. The van der Waals surface area contributed by atoms with Gasteiger partial charge in [0.2, 0.25) is 0 Å². The molecule has 3 N–H and O–H groups in total. The van der Waals surface area contributed by atoms with Crippen molar-refractivity contribution in [3.05, 3.63) is 71.8 Å². The molecule has 206 valence electrons. The minimum absolute atomic E-state index is 0.0441. The zero-order valence-electron chi connectivity index (χ0n) is 23.1. The molecule has 5 nitrogen and oxygen atoms in total. The first-order chi connectivity index (χ1) is 18.4. The fourth-order valence-corrected chi connectivity index (χ4v) is 9.42. The second-order valence-electron chi connectivity index (χ2n) is 13.0. The molecule has 4 aliphatic carbocycles. The third-order valence-corrected chi connectivity index (χ3v) is 12.1. The molecule has 0 spiro atoms. The molecule has 6 heteroatoms. The number of rotatable bonds is 3. The average molecular weight is 548 g/mol. The van der Waals surface area contributed by atoms with Gasteiger partial charge in [-0.2, -0.15) is 0 Å². The maximum absolute atomic E-state index is 14.0. The van der Waals surface area contributed by atoms with Gasteiger partial charge in [-0.25, -0.2) is 0 Å². The van der Waals surface area contributed by atoms with Crippen LogP contribution in [0.15, 0.2) is 66.3 Å². The molecule has 4 aliphatic rings. The highest BCUT2D eigenvalue weighted by Gasteiger charge is 2.74. The summed E-state index contributed by atoms with van der Waals surface area (Å²) in [6.45, 7) is 7.88. The Hall–Kier alpha value is -2.47. The highest BCUT2D eigenvalue weighted by Crippen LogP contribution is 2.71. The van der Waals surface area contributed by atoms with E-state index in [1.54, 1.807) is 12.2 Å². The lowest BCUT2D eigenvalue weighted by Gasteiger charge is -2.63. The number of nitrogens with one attached hydrogen (secondary N) is 1. The molecule has 0 radical (unpaired) electrons. The minimum atomic E-state index is -1.66. The van der Waals surface area contributed by atoms with E-state index >= 15 is 0 Å². The van der Waals surface area contributed by atoms with E-state index in [1.165, 1.54) is 0 Å². The molecule has 0 aromatic heterocycles. The Balaban J connectivity index is 1.32. The van der Waals surface area contributed by atoms with Crippen LogP contribution in [0.4, 0.5) is 0 Å². The molecule has 1 amide bonds. The molecule has 3 fully saturated rings. The summed E-state index contributed by atoms with van der Waals surface area (Å²) in [7, 11) is 0. The Bertz CT molecular complexity index is 1430. The van der Waals surface area contributed by atoms with Crippen molar-refractivity contribution in [3.63, 3.8) is 0 Å². The first-order valence-corrected chi connectivity index (χ1v) is 14.6. The van der Waals surface area contributed by atoms with Gasteiger partial charge in [-0.3, -0.25) is 9.59 Å². The smallest absolute Gasteiger partial charge is 0.253 e. The molecular formula is C33H38ClNO4. The number of carbonyl (C=O) groups is 2. The van der Waals surface area contributed by atoms with Gasteiger partial charge in [0, 0.05) is 10.8 Å². The third kappa shape index (κ3) is 3.45. The SMILES string of the molecule is C[C@@H]1CC2C3CCC4=CC(=O)C=CC4(C)[C@@]3(Cl)[C@@H](O)CC2(C)[C@@]1(O)C(=O)N[C@H](C)c1ccc2ccccc2c1. The summed E-state index contributed by atoms with van der Waals surface area (Å²) < 4.78 is 0. The van der Waals surface area contributed by atoms with Crippen molar-refractivity contribution in [2.75, 3.05) is 0 Å². The number of benzene rings is 2. The Labute approximate surface area is 235 Å². The molecule has 39 heavy (non-hydrogen) atoms.